The number of benzene rings is 1. The Morgan fingerprint density at radius 3 is 2.67 bits per heavy atom. The number of rotatable bonds is 5. The Balaban J connectivity index is 2.22. The van der Waals surface area contributed by atoms with Gasteiger partial charge in [0, 0.05) is 34.7 Å². The normalized spacial score (nSPS) is 10.8. The first-order valence-corrected chi connectivity index (χ1v) is 7.40. The fourth-order valence-electron chi connectivity index (χ4n) is 2.24. The molecule has 0 radical (unpaired) electrons. The third kappa shape index (κ3) is 3.26. The minimum atomic E-state index is -0.903. The Bertz CT molecular complexity index is 694. The Kier molecular flexibility index (Phi) is 4.67. The molecule has 21 heavy (non-hydrogen) atoms. The number of halogens is 1. The molecule has 1 N–H and O–H groups in total. The van der Waals surface area contributed by atoms with E-state index in [9.17, 15) is 9.59 Å². The number of aliphatic carboxylic acids is 1. The van der Waals surface area contributed by atoms with Gasteiger partial charge in [0.25, 0.3) is 0 Å². The maximum absolute atomic E-state index is 12.2. The molecular weight excluding hydrogens is 336 g/mol. The van der Waals surface area contributed by atoms with Crippen molar-refractivity contribution in [3.8, 4) is 0 Å². The predicted molar refractivity (Wildman–Crippen MR) is 84.3 cm³/mol. The summed E-state index contributed by atoms with van der Waals surface area (Å²) < 4.78 is 2.93. The van der Waals surface area contributed by atoms with Crippen LogP contribution in [0.3, 0.4) is 0 Å². The maximum Gasteiger partial charge on any atom is 0.305 e. The molecule has 0 spiro atoms. The summed E-state index contributed by atoms with van der Waals surface area (Å²) in [7, 11) is 1.63. The second-order valence-corrected chi connectivity index (χ2v) is 5.75. The number of carboxylic acid groups (broad SMARTS) is 1. The minimum absolute atomic E-state index is 0.0443. The Hall–Kier alpha value is -1.82. The molecule has 1 heterocycles. The van der Waals surface area contributed by atoms with E-state index in [1.54, 1.807) is 7.05 Å². The zero-order chi connectivity index (χ0) is 15.6. The number of para-hydroxylation sites is 1. The van der Waals surface area contributed by atoms with E-state index in [2.05, 4.69) is 15.9 Å². The summed E-state index contributed by atoms with van der Waals surface area (Å²) in [6.07, 6.45) is -0.0443. The van der Waals surface area contributed by atoms with Crippen molar-refractivity contribution in [1.82, 2.24) is 9.47 Å². The van der Waals surface area contributed by atoms with Crippen molar-refractivity contribution < 1.29 is 14.7 Å². The number of likely N-dealkylation sites (N-methyl/N-ethyl adjacent to an activating group) is 1. The van der Waals surface area contributed by atoms with Crippen molar-refractivity contribution in [2.75, 3.05) is 13.6 Å². The molecule has 0 bridgehead atoms. The van der Waals surface area contributed by atoms with Crippen molar-refractivity contribution in [1.29, 1.82) is 0 Å². The van der Waals surface area contributed by atoms with Gasteiger partial charge in [-0.2, -0.15) is 0 Å². The van der Waals surface area contributed by atoms with E-state index in [4.69, 9.17) is 5.11 Å². The molecule has 0 unspecified atom stereocenters. The highest BCUT2D eigenvalue weighted by Crippen LogP contribution is 2.30. The van der Waals surface area contributed by atoms with E-state index in [0.29, 0.717) is 0 Å². The zero-order valence-electron chi connectivity index (χ0n) is 12.0. The number of carbonyl (C=O) groups excluding carboxylic acids is 1. The first kappa shape index (κ1) is 15.6. The third-order valence-electron chi connectivity index (χ3n) is 3.53. The van der Waals surface area contributed by atoms with Crippen LogP contribution >= 0.6 is 15.9 Å². The summed E-state index contributed by atoms with van der Waals surface area (Å²) in [6.45, 7) is 2.37. The van der Waals surface area contributed by atoms with Crippen molar-refractivity contribution in [2.24, 2.45) is 0 Å². The van der Waals surface area contributed by atoms with Crippen LogP contribution in [0.15, 0.2) is 28.7 Å². The van der Waals surface area contributed by atoms with E-state index in [1.807, 2.05) is 35.8 Å². The Morgan fingerprint density at radius 1 is 1.33 bits per heavy atom. The van der Waals surface area contributed by atoms with Crippen LogP contribution in [0.5, 0.6) is 0 Å². The number of hydrogen-bond acceptors (Lipinski definition) is 2. The van der Waals surface area contributed by atoms with Gasteiger partial charge < -0.3 is 14.6 Å². The average molecular weight is 353 g/mol. The second-order valence-electron chi connectivity index (χ2n) is 4.96. The molecule has 0 atom stereocenters. The molecule has 0 aliphatic rings. The standard InChI is InChI=1S/C15H17BrN2O3/c1-10-15(16)11-5-3-4-6-12(11)18(10)9-13(19)17(2)8-7-14(20)21/h3-6H,7-9H2,1-2H3,(H,20,21). The van der Waals surface area contributed by atoms with Crippen LogP contribution in [0.4, 0.5) is 0 Å². The molecule has 1 aromatic carbocycles. The van der Waals surface area contributed by atoms with Crippen molar-refractivity contribution in [3.05, 3.63) is 34.4 Å². The van der Waals surface area contributed by atoms with Gasteiger partial charge in [-0.15, -0.1) is 0 Å². The highest BCUT2D eigenvalue weighted by Gasteiger charge is 2.16. The second kappa shape index (κ2) is 6.30. The largest absolute Gasteiger partial charge is 0.481 e. The SMILES string of the molecule is Cc1c(Br)c2ccccc2n1CC(=O)N(C)CCC(=O)O. The Morgan fingerprint density at radius 2 is 2.00 bits per heavy atom. The van der Waals surface area contributed by atoms with E-state index < -0.39 is 5.97 Å². The van der Waals surface area contributed by atoms with Gasteiger partial charge in [-0.25, -0.2) is 0 Å². The summed E-state index contributed by atoms with van der Waals surface area (Å²) in [5, 5.41) is 9.74. The molecule has 2 rings (SSSR count). The van der Waals surface area contributed by atoms with E-state index in [-0.39, 0.29) is 25.4 Å². The summed E-state index contributed by atoms with van der Waals surface area (Å²) in [5.41, 5.74) is 1.97. The number of carbonyl (C=O) groups is 2. The first-order chi connectivity index (χ1) is 9.91. The van der Waals surface area contributed by atoms with Gasteiger partial charge in [-0.1, -0.05) is 18.2 Å². The number of nitrogens with zero attached hydrogens (tertiary/aromatic N) is 2. The quantitative estimate of drug-likeness (QED) is 0.899. The number of amides is 1. The lowest BCUT2D eigenvalue weighted by Gasteiger charge is -2.17. The highest BCUT2D eigenvalue weighted by atomic mass is 79.9. The van der Waals surface area contributed by atoms with E-state index >= 15 is 0 Å². The number of carboxylic acids is 1. The fraction of sp³-hybridized carbons (Fsp3) is 0.333. The van der Waals surface area contributed by atoms with Crippen LogP contribution in [0, 0.1) is 6.92 Å². The highest BCUT2D eigenvalue weighted by molar-refractivity contribution is 9.10. The number of hydrogen-bond donors (Lipinski definition) is 1. The summed E-state index contributed by atoms with van der Waals surface area (Å²) >= 11 is 3.55. The average Bonchev–Trinajstić information content (AvgIpc) is 2.70. The van der Waals surface area contributed by atoms with E-state index in [1.165, 1.54) is 4.90 Å². The van der Waals surface area contributed by atoms with Crippen molar-refractivity contribution >= 4 is 38.7 Å². The molecule has 5 nitrogen and oxygen atoms in total. The van der Waals surface area contributed by atoms with Crippen molar-refractivity contribution in [2.45, 2.75) is 19.9 Å². The van der Waals surface area contributed by atoms with Gasteiger partial charge in [0.15, 0.2) is 0 Å². The summed E-state index contributed by atoms with van der Waals surface area (Å²) in [5.74, 6) is -1.01. The van der Waals surface area contributed by atoms with Crippen LogP contribution in [0.2, 0.25) is 0 Å². The third-order valence-corrected chi connectivity index (χ3v) is 4.54. The van der Waals surface area contributed by atoms with Gasteiger partial charge in [-0.3, -0.25) is 9.59 Å². The zero-order valence-corrected chi connectivity index (χ0v) is 13.6. The molecule has 0 aliphatic carbocycles. The minimum Gasteiger partial charge on any atom is -0.481 e. The lowest BCUT2D eigenvalue weighted by molar-refractivity contribution is -0.138. The number of fused-ring (bicyclic) bond motifs is 1. The molecule has 0 fully saturated rings. The van der Waals surface area contributed by atoms with Gasteiger partial charge in [0.2, 0.25) is 5.91 Å². The van der Waals surface area contributed by atoms with Crippen LogP contribution < -0.4 is 0 Å². The van der Waals surface area contributed by atoms with Crippen LogP contribution in [-0.4, -0.2) is 40.0 Å². The fourth-order valence-corrected chi connectivity index (χ4v) is 2.79. The number of aromatic nitrogens is 1. The lowest BCUT2D eigenvalue weighted by atomic mass is 10.2. The maximum atomic E-state index is 12.2. The first-order valence-electron chi connectivity index (χ1n) is 6.61. The van der Waals surface area contributed by atoms with Gasteiger partial charge in [-0.05, 0) is 28.9 Å². The lowest BCUT2D eigenvalue weighted by Crippen LogP contribution is -2.32. The molecule has 0 aliphatic heterocycles. The topological polar surface area (TPSA) is 62.5 Å². The smallest absolute Gasteiger partial charge is 0.305 e. The molecule has 0 saturated heterocycles. The van der Waals surface area contributed by atoms with Crippen LogP contribution in [0.25, 0.3) is 10.9 Å². The Labute approximate surface area is 131 Å². The summed E-state index contributed by atoms with van der Waals surface area (Å²) in [4.78, 5) is 24.2. The molecule has 6 heteroatoms. The molecule has 1 aromatic heterocycles. The summed E-state index contributed by atoms with van der Waals surface area (Å²) in [6, 6.07) is 7.86. The monoisotopic (exact) mass is 352 g/mol. The molecule has 0 saturated carbocycles. The van der Waals surface area contributed by atoms with Crippen molar-refractivity contribution in [3.63, 3.8) is 0 Å². The predicted octanol–water partition coefficient (Wildman–Crippen LogP) is 2.65. The molecule has 112 valence electrons. The van der Waals surface area contributed by atoms with Crippen LogP contribution in [-0.2, 0) is 16.1 Å². The van der Waals surface area contributed by atoms with Gasteiger partial charge in [0.05, 0.1) is 6.42 Å². The molecule has 2 aromatic rings. The van der Waals surface area contributed by atoms with Crippen LogP contribution in [0.1, 0.15) is 12.1 Å². The van der Waals surface area contributed by atoms with E-state index in [0.717, 1.165) is 21.1 Å². The van der Waals surface area contributed by atoms with Gasteiger partial charge in [0.1, 0.15) is 6.54 Å². The molecule has 1 amide bonds. The molecular formula is C15H17BrN2O3. The van der Waals surface area contributed by atoms with Gasteiger partial charge >= 0.3 is 5.97 Å².